The van der Waals surface area contributed by atoms with Gasteiger partial charge in [-0.1, -0.05) is 35.9 Å². The first kappa shape index (κ1) is 16.8. The molecule has 7 heteroatoms. The zero-order valence-corrected chi connectivity index (χ0v) is 14.2. The van der Waals surface area contributed by atoms with Crippen molar-refractivity contribution in [1.82, 2.24) is 0 Å². The number of esters is 1. The van der Waals surface area contributed by atoms with Crippen LogP contribution in [0.5, 0.6) is 0 Å². The molecule has 0 bridgehead atoms. The Balaban J connectivity index is 1.51. The molecule has 6 nitrogen and oxygen atoms in total. The Hall–Kier alpha value is -3.06. The van der Waals surface area contributed by atoms with Gasteiger partial charge in [0.05, 0.1) is 17.0 Å². The quantitative estimate of drug-likeness (QED) is 0.558. The Morgan fingerprint density at radius 1 is 1.16 bits per heavy atom. The first-order valence-corrected chi connectivity index (χ1v) is 8.27. The van der Waals surface area contributed by atoms with Crippen molar-refractivity contribution < 1.29 is 14.3 Å². The molecule has 1 amide bonds. The zero-order valence-electron chi connectivity index (χ0n) is 13.4. The summed E-state index contributed by atoms with van der Waals surface area (Å²) in [6, 6.07) is 13.0. The standard InChI is InChI=1S/C18H15N3O3S/c1-12-5-7-13(8-6-12)9-10-17(23)24-11-16(22)19-14-3-2-4-15-18(14)21-25-20-15/h2-10H,11H2,1H3,(H,19,22)/b10-9+. The summed E-state index contributed by atoms with van der Waals surface area (Å²) in [4.78, 5) is 23.6. The maximum Gasteiger partial charge on any atom is 0.331 e. The van der Waals surface area contributed by atoms with E-state index in [-0.39, 0.29) is 6.61 Å². The van der Waals surface area contributed by atoms with Crippen molar-refractivity contribution in [2.24, 2.45) is 8.73 Å². The molecule has 126 valence electrons. The van der Waals surface area contributed by atoms with Gasteiger partial charge in [0.15, 0.2) is 6.61 Å². The molecule has 25 heavy (non-hydrogen) atoms. The van der Waals surface area contributed by atoms with Gasteiger partial charge in [0, 0.05) is 6.08 Å². The fourth-order valence-electron chi connectivity index (χ4n) is 2.12. The summed E-state index contributed by atoms with van der Waals surface area (Å²) in [5.41, 5.74) is 3.89. The van der Waals surface area contributed by atoms with Gasteiger partial charge in [0.1, 0.15) is 11.4 Å². The summed E-state index contributed by atoms with van der Waals surface area (Å²) < 4.78 is 13.2. The van der Waals surface area contributed by atoms with Gasteiger partial charge < -0.3 is 10.1 Å². The second-order valence-electron chi connectivity index (χ2n) is 5.34. The van der Waals surface area contributed by atoms with Gasteiger partial charge in [0.2, 0.25) is 0 Å². The summed E-state index contributed by atoms with van der Waals surface area (Å²) >= 11 is 1.07. The van der Waals surface area contributed by atoms with Crippen LogP contribution in [-0.4, -0.2) is 18.5 Å². The topological polar surface area (TPSA) is 80.1 Å². The lowest BCUT2D eigenvalue weighted by molar-refractivity contribution is -0.142. The lowest BCUT2D eigenvalue weighted by atomic mass is 10.1. The lowest BCUT2D eigenvalue weighted by Gasteiger charge is -2.07. The molecule has 0 aromatic heterocycles. The molecule has 2 aromatic carbocycles. The number of amides is 1. The van der Waals surface area contributed by atoms with Gasteiger partial charge in [-0.2, -0.15) is 8.73 Å². The number of hydrogen-bond acceptors (Lipinski definition) is 5. The third kappa shape index (κ3) is 4.48. The number of aryl methyl sites for hydroxylation is 1. The third-order valence-corrected chi connectivity index (χ3v) is 3.94. The fourth-order valence-corrected chi connectivity index (χ4v) is 2.67. The number of rotatable bonds is 5. The number of nitrogens with zero attached hydrogens (tertiary/aromatic N) is 2. The monoisotopic (exact) mass is 353 g/mol. The van der Waals surface area contributed by atoms with Gasteiger partial charge in [-0.05, 0) is 30.7 Å². The molecular formula is C18H15N3O3S. The first-order chi connectivity index (χ1) is 12.1. The van der Waals surface area contributed by atoms with E-state index in [9.17, 15) is 9.59 Å². The highest BCUT2D eigenvalue weighted by atomic mass is 32.1. The van der Waals surface area contributed by atoms with Crippen LogP contribution in [0.15, 0.2) is 57.3 Å². The minimum Gasteiger partial charge on any atom is -0.452 e. The summed E-state index contributed by atoms with van der Waals surface area (Å²) in [6.45, 7) is 1.62. The Kier molecular flexibility index (Phi) is 5.15. The fraction of sp³-hybridized carbons (Fsp3) is 0.111. The van der Waals surface area contributed by atoms with Crippen LogP contribution in [0.3, 0.4) is 0 Å². The normalized spacial score (nSPS) is 11.9. The highest BCUT2D eigenvalue weighted by Gasteiger charge is 2.13. The van der Waals surface area contributed by atoms with Crippen LogP contribution in [-0.2, 0) is 25.7 Å². The molecule has 1 heterocycles. The van der Waals surface area contributed by atoms with Crippen molar-refractivity contribution in [2.75, 3.05) is 11.9 Å². The number of fused-ring (bicyclic) bond motifs is 1. The van der Waals surface area contributed by atoms with Crippen molar-refractivity contribution in [1.29, 1.82) is 0 Å². The number of benzene rings is 2. The predicted molar refractivity (Wildman–Crippen MR) is 97.8 cm³/mol. The molecule has 1 N–H and O–H groups in total. The third-order valence-electron chi connectivity index (χ3n) is 3.39. The largest absolute Gasteiger partial charge is 0.452 e. The molecule has 3 rings (SSSR count). The average Bonchev–Trinajstić information content (AvgIpc) is 3.09. The van der Waals surface area contributed by atoms with Gasteiger partial charge in [0.25, 0.3) is 5.91 Å². The molecular weight excluding hydrogens is 338 g/mol. The molecule has 0 saturated heterocycles. The van der Waals surface area contributed by atoms with E-state index in [1.54, 1.807) is 18.2 Å². The predicted octanol–water partition coefficient (Wildman–Crippen LogP) is 3.92. The van der Waals surface area contributed by atoms with Crippen LogP contribution in [0.2, 0.25) is 0 Å². The molecule has 0 unspecified atom stereocenters. The van der Waals surface area contributed by atoms with Crippen LogP contribution in [0, 0.1) is 6.92 Å². The first-order valence-electron chi connectivity index (χ1n) is 7.54. The lowest BCUT2D eigenvalue weighted by Crippen LogP contribution is -2.20. The van der Waals surface area contributed by atoms with Crippen molar-refractivity contribution in [3.63, 3.8) is 0 Å². The van der Waals surface area contributed by atoms with Gasteiger partial charge in [-0.15, -0.1) is 0 Å². The number of nitrogens with one attached hydrogen (secondary N) is 1. The summed E-state index contributed by atoms with van der Waals surface area (Å²) in [5.74, 6) is -1.01. The van der Waals surface area contributed by atoms with Gasteiger partial charge in [-0.3, -0.25) is 4.79 Å². The van der Waals surface area contributed by atoms with E-state index in [1.165, 1.54) is 6.08 Å². The van der Waals surface area contributed by atoms with Crippen molar-refractivity contribution in [3.8, 4) is 0 Å². The van der Waals surface area contributed by atoms with E-state index in [1.807, 2.05) is 37.3 Å². The molecule has 0 fully saturated rings. The second-order valence-corrected chi connectivity index (χ2v) is 5.87. The Bertz CT molecular complexity index is 914. The van der Waals surface area contributed by atoms with Crippen LogP contribution >= 0.6 is 0 Å². The Labute approximate surface area is 148 Å². The highest BCUT2D eigenvalue weighted by molar-refractivity contribution is 7.58. The Morgan fingerprint density at radius 3 is 2.76 bits per heavy atom. The summed E-state index contributed by atoms with van der Waals surface area (Å²) in [5, 5.41) is 2.67. The van der Waals surface area contributed by atoms with Gasteiger partial charge >= 0.3 is 5.97 Å². The molecule has 0 aliphatic carbocycles. The molecule has 0 radical (unpaired) electrons. The van der Waals surface area contributed by atoms with Crippen LogP contribution in [0.25, 0.3) is 6.08 Å². The molecule has 0 saturated carbocycles. The number of carbonyl (C=O) groups is 2. The zero-order chi connectivity index (χ0) is 17.6. The summed E-state index contributed by atoms with van der Waals surface area (Å²) in [6.07, 6.45) is 2.93. The van der Waals surface area contributed by atoms with Crippen LogP contribution in [0.1, 0.15) is 11.1 Å². The molecule has 0 atom stereocenters. The van der Waals surface area contributed by atoms with E-state index in [0.29, 0.717) is 17.1 Å². The van der Waals surface area contributed by atoms with E-state index < -0.39 is 11.9 Å². The molecule has 0 spiro atoms. The smallest absolute Gasteiger partial charge is 0.331 e. The molecule has 2 aromatic rings. The maximum atomic E-state index is 11.9. The summed E-state index contributed by atoms with van der Waals surface area (Å²) in [7, 11) is 0. The van der Waals surface area contributed by atoms with Crippen molar-refractivity contribution >= 4 is 46.4 Å². The van der Waals surface area contributed by atoms with E-state index in [4.69, 9.17) is 4.74 Å². The van der Waals surface area contributed by atoms with Crippen molar-refractivity contribution in [2.45, 2.75) is 6.92 Å². The molecule has 1 aliphatic heterocycles. The SMILES string of the molecule is Cc1ccc(/C=C/C(=O)OCC(=O)Nc2cccc3c2N=S=N3)cc1. The average molecular weight is 353 g/mol. The second kappa shape index (κ2) is 7.67. The number of carbonyl (C=O) groups excluding carboxylic acids is 2. The molecule has 1 aliphatic rings. The number of hydrogen-bond donors (Lipinski definition) is 1. The number of anilines is 1. The van der Waals surface area contributed by atoms with Gasteiger partial charge in [-0.25, -0.2) is 4.79 Å². The van der Waals surface area contributed by atoms with E-state index >= 15 is 0 Å². The van der Waals surface area contributed by atoms with Crippen LogP contribution in [0.4, 0.5) is 17.1 Å². The van der Waals surface area contributed by atoms with E-state index in [0.717, 1.165) is 22.5 Å². The van der Waals surface area contributed by atoms with E-state index in [2.05, 4.69) is 14.0 Å². The van der Waals surface area contributed by atoms with Crippen LogP contribution < -0.4 is 5.32 Å². The van der Waals surface area contributed by atoms with Crippen molar-refractivity contribution in [3.05, 3.63) is 59.7 Å². The minimum atomic E-state index is -0.579. The Morgan fingerprint density at radius 2 is 1.96 bits per heavy atom. The number of ether oxygens (including phenoxy) is 1. The minimum absolute atomic E-state index is 0.370. The highest BCUT2D eigenvalue weighted by Crippen LogP contribution is 2.38. The maximum absolute atomic E-state index is 11.9.